The molecule has 1 unspecified atom stereocenters. The lowest BCUT2D eigenvalue weighted by atomic mass is 10.9. The second-order valence-corrected chi connectivity index (χ2v) is 6.79. The first-order valence-electron chi connectivity index (χ1n) is 1.93. The van der Waals surface area contributed by atoms with Crippen LogP contribution in [0.5, 0.6) is 0 Å². The van der Waals surface area contributed by atoms with Gasteiger partial charge in [0.2, 0.25) is 0 Å². The van der Waals surface area contributed by atoms with Crippen molar-refractivity contribution in [2.24, 2.45) is 0 Å². The van der Waals surface area contributed by atoms with E-state index in [4.69, 9.17) is 21.4 Å². The maximum atomic E-state index is 8.80. The number of rotatable bonds is 3. The molecule has 0 aliphatic rings. The molecule has 0 aromatic heterocycles. The fraction of sp³-hybridized carbons (Fsp3) is 1.00. The zero-order valence-corrected chi connectivity index (χ0v) is 8.45. The van der Waals surface area contributed by atoms with Gasteiger partial charge in [-0.15, -0.1) is 23.3 Å². The van der Waals surface area contributed by atoms with E-state index in [9.17, 15) is 0 Å². The fourth-order valence-electron chi connectivity index (χ4n) is 0.179. The predicted octanol–water partition coefficient (Wildman–Crippen LogP) is 1.42. The lowest BCUT2D eigenvalue weighted by Crippen LogP contribution is -2.01. The molecule has 0 bridgehead atoms. The molecule has 0 rings (SSSR count). The van der Waals surface area contributed by atoms with Crippen LogP contribution in [0.1, 0.15) is 0 Å². The van der Waals surface area contributed by atoms with E-state index < -0.39 is 11.5 Å². The quantitative estimate of drug-likeness (QED) is 0.294. The van der Waals surface area contributed by atoms with Crippen LogP contribution in [0.15, 0.2) is 0 Å². The molecule has 1 atom stereocenters. The molecule has 0 heterocycles. The minimum absolute atomic E-state index is 0.123. The summed E-state index contributed by atoms with van der Waals surface area (Å²) in [7, 11) is 0.985. The Labute approximate surface area is 73.0 Å². The van der Waals surface area contributed by atoms with Crippen molar-refractivity contribution in [1.82, 2.24) is 0 Å². The molecular weight excluding hydrogens is 219 g/mol. The van der Waals surface area contributed by atoms with Crippen molar-refractivity contribution in [2.45, 2.75) is 4.99 Å². The van der Waals surface area contributed by atoms with Gasteiger partial charge in [-0.05, 0) is 11.8 Å². The van der Waals surface area contributed by atoms with E-state index in [1.54, 1.807) is 0 Å². The average molecular weight is 225 g/mol. The van der Waals surface area contributed by atoms with Gasteiger partial charge in [0.25, 0.3) is 0 Å². The Morgan fingerprint density at radius 1 is 1.78 bits per heavy atom. The summed E-state index contributed by atoms with van der Waals surface area (Å²) in [6, 6.07) is 0. The highest BCUT2D eigenvalue weighted by Gasteiger charge is 2.21. The molecule has 0 saturated carbocycles. The highest BCUT2D eigenvalue weighted by atomic mass is 35.5. The molecule has 0 aromatic carbocycles. The van der Waals surface area contributed by atoms with Gasteiger partial charge in [-0.25, -0.2) is 0 Å². The van der Waals surface area contributed by atoms with Crippen LogP contribution in [0.4, 0.5) is 0 Å². The first kappa shape index (κ1) is 10.6. The van der Waals surface area contributed by atoms with E-state index >= 15 is 0 Å². The molecule has 0 aliphatic carbocycles. The van der Waals surface area contributed by atoms with Crippen LogP contribution in [0.3, 0.4) is 0 Å². The van der Waals surface area contributed by atoms with Crippen molar-refractivity contribution in [2.75, 3.05) is 5.88 Å². The minimum Gasteiger partial charge on any atom is -0.344 e. The summed E-state index contributed by atoms with van der Waals surface area (Å²) in [5, 5.41) is 0. The molecule has 0 spiro atoms. The van der Waals surface area contributed by atoms with Gasteiger partial charge in [-0.1, -0.05) is 10.8 Å². The van der Waals surface area contributed by atoms with E-state index in [2.05, 4.69) is 23.5 Å². The van der Waals surface area contributed by atoms with Gasteiger partial charge in [0.1, 0.15) is 4.99 Å². The van der Waals surface area contributed by atoms with Crippen LogP contribution >= 0.6 is 40.5 Å². The second kappa shape index (κ2) is 4.44. The van der Waals surface area contributed by atoms with Crippen molar-refractivity contribution in [1.29, 1.82) is 0 Å². The Morgan fingerprint density at radius 3 is 2.22 bits per heavy atom. The van der Waals surface area contributed by atoms with Crippen LogP contribution < -0.4 is 0 Å². The third kappa shape index (κ3) is 4.09. The molecule has 0 saturated heterocycles. The monoisotopic (exact) mass is 224 g/mol. The van der Waals surface area contributed by atoms with Crippen molar-refractivity contribution >= 4 is 52.4 Å². The summed E-state index contributed by atoms with van der Waals surface area (Å²) >= 11 is 13.5. The first-order valence-corrected chi connectivity index (χ1v) is 7.18. The molecule has 9 heavy (non-hydrogen) atoms. The number of hydrogen-bond donors (Lipinski definition) is 3. The Bertz CT molecular complexity index is 121. The molecule has 0 radical (unpaired) electrons. The zero-order valence-electron chi connectivity index (χ0n) is 4.27. The van der Waals surface area contributed by atoms with Gasteiger partial charge in [-0.3, -0.25) is 0 Å². The van der Waals surface area contributed by atoms with Crippen molar-refractivity contribution < 1.29 is 9.79 Å². The number of hydrogen-bond acceptors (Lipinski definition) is 3. The molecule has 2 nitrogen and oxygen atoms in total. The van der Waals surface area contributed by atoms with Gasteiger partial charge >= 0.3 is 0 Å². The molecule has 0 aromatic rings. The van der Waals surface area contributed by atoms with Gasteiger partial charge in [0, 0.05) is 5.88 Å². The lowest BCUT2D eigenvalue weighted by Gasteiger charge is -2.14. The molecule has 2 N–H and O–H groups in total. The third-order valence-electron chi connectivity index (χ3n) is 0.629. The molecule has 0 fully saturated rings. The molecule has 0 aliphatic heterocycles. The van der Waals surface area contributed by atoms with Gasteiger partial charge < -0.3 is 9.79 Å². The SMILES string of the molecule is OP(O)(=S)C(CCl)SS. The zero-order chi connectivity index (χ0) is 7.49. The lowest BCUT2D eigenvalue weighted by molar-refractivity contribution is 0.478. The van der Waals surface area contributed by atoms with E-state index in [1.165, 1.54) is 0 Å². The maximum absolute atomic E-state index is 8.80. The predicted molar refractivity (Wildman–Crippen MR) is 49.8 cm³/mol. The normalized spacial score (nSPS) is 15.6. The Morgan fingerprint density at radius 2 is 2.22 bits per heavy atom. The topological polar surface area (TPSA) is 40.5 Å². The summed E-state index contributed by atoms with van der Waals surface area (Å²) in [5.41, 5.74) is 0. The van der Waals surface area contributed by atoms with Crippen molar-refractivity contribution in [3.63, 3.8) is 0 Å². The molecule has 0 amide bonds. The van der Waals surface area contributed by atoms with Crippen molar-refractivity contribution in [3.05, 3.63) is 0 Å². The van der Waals surface area contributed by atoms with E-state index in [0.717, 1.165) is 10.8 Å². The van der Waals surface area contributed by atoms with Crippen molar-refractivity contribution in [3.8, 4) is 0 Å². The number of halogens is 1. The van der Waals surface area contributed by atoms with Crippen LogP contribution in [0.25, 0.3) is 0 Å². The summed E-state index contributed by atoms with van der Waals surface area (Å²) in [4.78, 5) is 17.1. The molecule has 56 valence electrons. The maximum Gasteiger partial charge on any atom is 0.198 e. The van der Waals surface area contributed by atoms with Crippen LogP contribution in [-0.2, 0) is 11.8 Å². The summed E-state index contributed by atoms with van der Waals surface area (Å²) < 4.78 is 0. The molecular formula is C2H6ClO2PS3. The summed E-state index contributed by atoms with van der Waals surface area (Å²) in [5.74, 6) is 0.123. The van der Waals surface area contributed by atoms with Gasteiger partial charge in [0.05, 0.1) is 0 Å². The largest absolute Gasteiger partial charge is 0.344 e. The number of alkyl halides is 1. The number of thiol groups is 1. The smallest absolute Gasteiger partial charge is 0.198 e. The highest BCUT2D eigenvalue weighted by Crippen LogP contribution is 2.48. The minimum atomic E-state index is -3.19. The average Bonchev–Trinajstić information content (AvgIpc) is 1.65. The van der Waals surface area contributed by atoms with Gasteiger partial charge in [-0.2, -0.15) is 0 Å². The Hall–Kier alpha value is 1.56. The highest BCUT2D eigenvalue weighted by molar-refractivity contribution is 8.70. The van der Waals surface area contributed by atoms with Gasteiger partial charge in [0.15, 0.2) is 6.49 Å². The standard InChI is InChI=1S/C2H6ClO2PS3/c3-1-2(9-8)6(4,5)7/h2,8H,1H2,(H2,4,5,7). The van der Waals surface area contributed by atoms with Crippen LogP contribution in [0, 0.1) is 0 Å². The van der Waals surface area contributed by atoms with E-state index in [1.807, 2.05) is 0 Å². The fourth-order valence-corrected chi connectivity index (χ4v) is 4.77. The third-order valence-corrected chi connectivity index (χ3v) is 6.30. The summed E-state index contributed by atoms with van der Waals surface area (Å²) in [6.07, 6.45) is 0. The first-order chi connectivity index (χ1) is 4.02. The second-order valence-electron chi connectivity index (χ2n) is 1.30. The molecule has 7 heteroatoms. The summed E-state index contributed by atoms with van der Waals surface area (Å²) in [6.45, 7) is -3.19. The van der Waals surface area contributed by atoms with E-state index in [0.29, 0.717) is 0 Å². The Balaban J connectivity index is 3.96. The van der Waals surface area contributed by atoms with E-state index in [-0.39, 0.29) is 5.88 Å². The Kier molecular flexibility index (Phi) is 5.21. The van der Waals surface area contributed by atoms with Crippen LogP contribution in [-0.4, -0.2) is 20.7 Å². The van der Waals surface area contributed by atoms with Crippen LogP contribution in [0.2, 0.25) is 0 Å².